The number of nitrogens with zero attached hydrogens (tertiary/aromatic N) is 2. The van der Waals surface area contributed by atoms with Crippen LogP contribution in [0.3, 0.4) is 0 Å². The zero-order valence-electron chi connectivity index (χ0n) is 7.65. The molecule has 1 saturated heterocycles. The summed E-state index contributed by atoms with van der Waals surface area (Å²) >= 11 is 0. The fourth-order valence-corrected chi connectivity index (χ4v) is 1.90. The maximum Gasteiger partial charge on any atom is 0.115 e. The first-order valence-electron chi connectivity index (χ1n) is 4.51. The van der Waals surface area contributed by atoms with Crippen molar-refractivity contribution in [3.8, 4) is 0 Å². The average molecular weight is 180 g/mol. The molecule has 2 heterocycles. The van der Waals surface area contributed by atoms with Gasteiger partial charge in [0.2, 0.25) is 0 Å². The summed E-state index contributed by atoms with van der Waals surface area (Å²) in [5.74, 6) is 0. The van der Waals surface area contributed by atoms with Crippen molar-refractivity contribution < 1.29 is 4.39 Å². The van der Waals surface area contributed by atoms with Crippen LogP contribution in [0.5, 0.6) is 0 Å². The molecule has 70 valence electrons. The van der Waals surface area contributed by atoms with E-state index in [1.165, 1.54) is 0 Å². The van der Waals surface area contributed by atoms with Gasteiger partial charge in [0.25, 0.3) is 0 Å². The Hall–Kier alpha value is -0.960. The first-order valence-corrected chi connectivity index (χ1v) is 4.51. The molecule has 2 rings (SSSR count). The van der Waals surface area contributed by atoms with Crippen LogP contribution in [0.2, 0.25) is 0 Å². The molecule has 0 aliphatic carbocycles. The molecule has 2 nitrogen and oxygen atoms in total. The number of pyridine rings is 1. The number of rotatable bonds is 1. The van der Waals surface area contributed by atoms with E-state index in [0.717, 1.165) is 5.56 Å². The van der Waals surface area contributed by atoms with Crippen LogP contribution in [-0.2, 0) is 0 Å². The molecule has 13 heavy (non-hydrogen) atoms. The highest BCUT2D eigenvalue weighted by Crippen LogP contribution is 2.31. The van der Waals surface area contributed by atoms with E-state index in [0.29, 0.717) is 13.0 Å². The molecule has 0 bridgehead atoms. The van der Waals surface area contributed by atoms with Gasteiger partial charge in [0.05, 0.1) is 0 Å². The number of halogens is 1. The lowest BCUT2D eigenvalue weighted by Crippen LogP contribution is -2.18. The topological polar surface area (TPSA) is 16.1 Å². The van der Waals surface area contributed by atoms with Crippen molar-refractivity contribution in [3.63, 3.8) is 0 Å². The van der Waals surface area contributed by atoms with Gasteiger partial charge < -0.3 is 0 Å². The minimum absolute atomic E-state index is 0.212. The molecule has 0 aromatic carbocycles. The molecule has 0 radical (unpaired) electrons. The van der Waals surface area contributed by atoms with Crippen LogP contribution in [0.15, 0.2) is 24.5 Å². The second-order valence-corrected chi connectivity index (χ2v) is 3.57. The van der Waals surface area contributed by atoms with Gasteiger partial charge in [-0.25, -0.2) is 4.39 Å². The fraction of sp³-hybridized carbons (Fsp3) is 0.500. The Kier molecular flexibility index (Phi) is 2.27. The van der Waals surface area contributed by atoms with E-state index >= 15 is 0 Å². The Morgan fingerprint density at radius 3 is 3.00 bits per heavy atom. The third-order valence-corrected chi connectivity index (χ3v) is 2.57. The van der Waals surface area contributed by atoms with Gasteiger partial charge in [0, 0.05) is 25.0 Å². The van der Waals surface area contributed by atoms with Gasteiger partial charge in [-0.3, -0.25) is 9.88 Å². The van der Waals surface area contributed by atoms with Gasteiger partial charge >= 0.3 is 0 Å². The van der Waals surface area contributed by atoms with Crippen molar-refractivity contribution in [2.24, 2.45) is 0 Å². The smallest absolute Gasteiger partial charge is 0.115 e. The maximum absolute atomic E-state index is 13.0. The lowest BCUT2D eigenvalue weighted by atomic mass is 10.1. The Balaban J connectivity index is 2.18. The monoisotopic (exact) mass is 180 g/mol. The predicted molar refractivity (Wildman–Crippen MR) is 49.1 cm³/mol. The molecule has 1 aromatic rings. The number of aromatic nitrogens is 1. The van der Waals surface area contributed by atoms with Crippen LogP contribution < -0.4 is 0 Å². The Morgan fingerprint density at radius 1 is 1.62 bits per heavy atom. The van der Waals surface area contributed by atoms with E-state index in [2.05, 4.69) is 4.98 Å². The van der Waals surface area contributed by atoms with Crippen LogP contribution in [0.25, 0.3) is 0 Å². The van der Waals surface area contributed by atoms with Crippen molar-refractivity contribution in [2.45, 2.75) is 18.6 Å². The van der Waals surface area contributed by atoms with Crippen LogP contribution in [0.4, 0.5) is 4.39 Å². The molecule has 0 spiro atoms. The summed E-state index contributed by atoms with van der Waals surface area (Å²) in [4.78, 5) is 6.08. The zero-order valence-corrected chi connectivity index (χ0v) is 7.65. The molecular weight excluding hydrogens is 167 g/mol. The highest BCUT2D eigenvalue weighted by atomic mass is 19.1. The molecule has 2 unspecified atom stereocenters. The lowest BCUT2D eigenvalue weighted by Gasteiger charge is -2.18. The second kappa shape index (κ2) is 3.42. The number of alkyl halides is 1. The number of hydrogen-bond donors (Lipinski definition) is 0. The van der Waals surface area contributed by atoms with Gasteiger partial charge in [0.15, 0.2) is 0 Å². The van der Waals surface area contributed by atoms with Crippen molar-refractivity contribution in [1.82, 2.24) is 9.88 Å². The normalized spacial score (nSPS) is 29.4. The third kappa shape index (κ3) is 1.70. The Bertz CT molecular complexity index is 276. The van der Waals surface area contributed by atoms with E-state index in [9.17, 15) is 4.39 Å². The van der Waals surface area contributed by atoms with Gasteiger partial charge in [-0.15, -0.1) is 0 Å². The highest BCUT2D eigenvalue weighted by molar-refractivity contribution is 5.15. The zero-order chi connectivity index (χ0) is 9.26. The van der Waals surface area contributed by atoms with Crippen molar-refractivity contribution in [1.29, 1.82) is 0 Å². The van der Waals surface area contributed by atoms with Gasteiger partial charge in [-0.2, -0.15) is 0 Å². The fourth-order valence-electron chi connectivity index (χ4n) is 1.90. The molecule has 0 saturated carbocycles. The highest BCUT2D eigenvalue weighted by Gasteiger charge is 2.30. The molecule has 1 aromatic heterocycles. The first-order chi connectivity index (χ1) is 6.27. The van der Waals surface area contributed by atoms with Gasteiger partial charge in [-0.1, -0.05) is 6.07 Å². The van der Waals surface area contributed by atoms with Crippen LogP contribution in [0.1, 0.15) is 18.0 Å². The summed E-state index contributed by atoms with van der Waals surface area (Å²) in [5, 5.41) is 0. The van der Waals surface area contributed by atoms with E-state index in [4.69, 9.17) is 0 Å². The minimum Gasteiger partial charge on any atom is -0.296 e. The third-order valence-electron chi connectivity index (χ3n) is 2.57. The molecule has 3 heteroatoms. The summed E-state index contributed by atoms with van der Waals surface area (Å²) in [6.07, 6.45) is 3.47. The minimum atomic E-state index is -0.685. The molecule has 1 aliphatic rings. The molecule has 2 atom stereocenters. The summed E-state index contributed by atoms with van der Waals surface area (Å²) in [6, 6.07) is 4.12. The summed E-state index contributed by atoms with van der Waals surface area (Å²) in [6.45, 7) is 0.541. The van der Waals surface area contributed by atoms with E-state index in [1.807, 2.05) is 30.3 Å². The number of likely N-dealkylation sites (tertiary alicyclic amines) is 1. The predicted octanol–water partition coefficient (Wildman–Crippen LogP) is 1.80. The quantitative estimate of drug-likeness (QED) is 0.655. The van der Waals surface area contributed by atoms with Crippen LogP contribution in [-0.4, -0.2) is 29.6 Å². The van der Waals surface area contributed by atoms with Crippen LogP contribution in [0, 0.1) is 0 Å². The first kappa shape index (κ1) is 8.63. The van der Waals surface area contributed by atoms with E-state index < -0.39 is 6.17 Å². The van der Waals surface area contributed by atoms with Gasteiger partial charge in [0.1, 0.15) is 6.17 Å². The lowest BCUT2D eigenvalue weighted by molar-refractivity contribution is 0.297. The Labute approximate surface area is 77.4 Å². The standard InChI is InChI=1S/C10H13FN2/c1-13-7-9(11)5-10(13)8-3-2-4-12-6-8/h2-4,6,9-10H,5,7H2,1H3. The van der Waals surface area contributed by atoms with Crippen molar-refractivity contribution >= 4 is 0 Å². The summed E-state index contributed by atoms with van der Waals surface area (Å²) in [7, 11) is 1.96. The average Bonchev–Trinajstić information content (AvgIpc) is 2.47. The number of hydrogen-bond acceptors (Lipinski definition) is 2. The van der Waals surface area contributed by atoms with Crippen LogP contribution >= 0.6 is 0 Å². The molecule has 0 N–H and O–H groups in total. The SMILES string of the molecule is CN1CC(F)CC1c1cccnc1. The van der Waals surface area contributed by atoms with E-state index in [-0.39, 0.29) is 6.04 Å². The molecule has 0 amide bonds. The van der Waals surface area contributed by atoms with Crippen molar-refractivity contribution in [2.75, 3.05) is 13.6 Å². The summed E-state index contributed by atoms with van der Waals surface area (Å²) in [5.41, 5.74) is 1.12. The molecule has 1 aliphatic heterocycles. The second-order valence-electron chi connectivity index (χ2n) is 3.57. The van der Waals surface area contributed by atoms with E-state index in [1.54, 1.807) is 6.20 Å². The maximum atomic E-state index is 13.0. The van der Waals surface area contributed by atoms with Crippen molar-refractivity contribution in [3.05, 3.63) is 30.1 Å². The summed E-state index contributed by atoms with van der Waals surface area (Å²) < 4.78 is 13.0. The Morgan fingerprint density at radius 2 is 2.46 bits per heavy atom. The largest absolute Gasteiger partial charge is 0.296 e. The molecular formula is C10H13FN2. The molecule has 1 fully saturated rings. The van der Waals surface area contributed by atoms with Gasteiger partial charge in [-0.05, 0) is 25.1 Å².